The molecule has 2 aliphatic rings. The van der Waals surface area contributed by atoms with Crippen LogP contribution in [0, 0.1) is 16.7 Å². The number of carbonyl (C=O) groups is 2. The number of benzene rings is 1. The highest BCUT2D eigenvalue weighted by Gasteiger charge is 2.70. The van der Waals surface area contributed by atoms with Crippen LogP contribution in [0.3, 0.4) is 0 Å². The minimum atomic E-state index is -0.602. The number of rotatable bonds is 2. The van der Waals surface area contributed by atoms with Gasteiger partial charge < -0.3 is 4.74 Å². The topological polar surface area (TPSA) is 70.4 Å². The van der Waals surface area contributed by atoms with E-state index in [4.69, 9.17) is 10.00 Å². The van der Waals surface area contributed by atoms with Crippen molar-refractivity contribution in [3.63, 3.8) is 0 Å². The Balaban J connectivity index is 1.84. The number of hydrogen-bond acceptors (Lipinski definition) is 4. The van der Waals surface area contributed by atoms with Gasteiger partial charge in [-0.05, 0) is 37.1 Å². The first-order valence-corrected chi connectivity index (χ1v) is 6.06. The van der Waals surface area contributed by atoms with Crippen molar-refractivity contribution >= 4 is 11.8 Å². The van der Waals surface area contributed by atoms with Crippen LogP contribution >= 0.6 is 0 Å². The first kappa shape index (κ1) is 11.7. The fourth-order valence-electron chi connectivity index (χ4n) is 2.54. The van der Waals surface area contributed by atoms with Gasteiger partial charge in [-0.15, -0.1) is 0 Å². The van der Waals surface area contributed by atoms with Gasteiger partial charge in [0.2, 0.25) is 5.91 Å². The van der Waals surface area contributed by atoms with Crippen molar-refractivity contribution < 1.29 is 14.3 Å². The average molecular weight is 256 g/mol. The summed E-state index contributed by atoms with van der Waals surface area (Å²) in [4.78, 5) is 25.3. The molecule has 19 heavy (non-hydrogen) atoms. The Kier molecular flexibility index (Phi) is 2.36. The zero-order valence-corrected chi connectivity index (χ0v) is 10.4. The van der Waals surface area contributed by atoms with Gasteiger partial charge in [0, 0.05) is 5.56 Å². The monoisotopic (exact) mass is 256 g/mol. The van der Waals surface area contributed by atoms with Crippen molar-refractivity contribution in [3.8, 4) is 11.8 Å². The number of β-lactam (4-membered cyclic amide) rings is 1. The van der Waals surface area contributed by atoms with Gasteiger partial charge in [-0.2, -0.15) is 5.26 Å². The molecule has 0 N–H and O–H groups in total. The van der Waals surface area contributed by atoms with Crippen LogP contribution in [0.4, 0.5) is 0 Å². The van der Waals surface area contributed by atoms with Gasteiger partial charge in [0.1, 0.15) is 11.8 Å². The smallest absolute Gasteiger partial charge is 0.261 e. The lowest BCUT2D eigenvalue weighted by Gasteiger charge is -2.42. The number of amides is 2. The maximum Gasteiger partial charge on any atom is 0.261 e. The first-order chi connectivity index (χ1) is 9.14. The number of hydrogen-bond donors (Lipinski definition) is 0. The average Bonchev–Trinajstić information content (AvgIpc) is 3.26. The predicted molar refractivity (Wildman–Crippen MR) is 65.2 cm³/mol. The van der Waals surface area contributed by atoms with Gasteiger partial charge in [0.25, 0.3) is 5.91 Å². The number of methoxy groups -OCH3 is 1. The third-order valence-corrected chi connectivity index (χ3v) is 3.89. The van der Waals surface area contributed by atoms with Crippen LogP contribution in [0.15, 0.2) is 24.3 Å². The van der Waals surface area contributed by atoms with Crippen LogP contribution in [0.2, 0.25) is 0 Å². The molecule has 1 atom stereocenters. The third kappa shape index (κ3) is 1.46. The highest BCUT2D eigenvalue weighted by molar-refractivity contribution is 6.12. The Bertz CT molecular complexity index is 596. The SMILES string of the molecule is COc1ccc(C(=O)N2C(=O)C3(CC3)C2C#N)cc1. The second-order valence-electron chi connectivity index (χ2n) is 4.90. The van der Waals surface area contributed by atoms with E-state index in [-0.39, 0.29) is 5.91 Å². The Labute approximate surface area is 110 Å². The lowest BCUT2D eigenvalue weighted by molar-refractivity contribution is -0.150. The van der Waals surface area contributed by atoms with Crippen molar-refractivity contribution in [1.29, 1.82) is 5.26 Å². The molecule has 0 bridgehead atoms. The van der Waals surface area contributed by atoms with E-state index in [0.29, 0.717) is 11.3 Å². The second-order valence-corrected chi connectivity index (χ2v) is 4.90. The highest BCUT2D eigenvalue weighted by Crippen LogP contribution is 2.58. The van der Waals surface area contributed by atoms with Gasteiger partial charge in [-0.25, -0.2) is 0 Å². The molecule has 2 fully saturated rings. The van der Waals surface area contributed by atoms with E-state index in [1.165, 1.54) is 0 Å². The molecule has 0 radical (unpaired) electrons. The molecule has 96 valence electrons. The lowest BCUT2D eigenvalue weighted by Crippen LogP contribution is -2.64. The van der Waals surface area contributed by atoms with Crippen LogP contribution in [0.5, 0.6) is 5.75 Å². The Morgan fingerprint density at radius 2 is 2.05 bits per heavy atom. The highest BCUT2D eigenvalue weighted by atomic mass is 16.5. The standard InChI is InChI=1S/C14H12N2O3/c1-19-10-4-2-9(3-5-10)12(17)16-11(8-15)14(6-7-14)13(16)18/h2-5,11H,6-7H2,1H3. The summed E-state index contributed by atoms with van der Waals surface area (Å²) in [6.45, 7) is 0. The van der Waals surface area contributed by atoms with Gasteiger partial charge in [-0.3, -0.25) is 14.5 Å². The molecule has 1 saturated heterocycles. The van der Waals surface area contributed by atoms with Crippen molar-refractivity contribution in [1.82, 2.24) is 4.90 Å². The molecule has 2 amide bonds. The van der Waals surface area contributed by atoms with Crippen molar-refractivity contribution in [2.24, 2.45) is 5.41 Å². The molecule has 5 heteroatoms. The summed E-state index contributed by atoms with van der Waals surface area (Å²) in [6.07, 6.45) is 1.44. The maximum absolute atomic E-state index is 12.2. The molecular weight excluding hydrogens is 244 g/mol. The fourth-order valence-corrected chi connectivity index (χ4v) is 2.54. The van der Waals surface area contributed by atoms with Crippen LogP contribution in [0.1, 0.15) is 23.2 Å². The van der Waals surface area contributed by atoms with Crippen molar-refractivity contribution in [2.75, 3.05) is 7.11 Å². The summed E-state index contributed by atoms with van der Waals surface area (Å²) < 4.78 is 5.01. The molecule has 5 nitrogen and oxygen atoms in total. The summed E-state index contributed by atoms with van der Waals surface area (Å²) in [7, 11) is 1.54. The first-order valence-electron chi connectivity index (χ1n) is 6.06. The van der Waals surface area contributed by atoms with E-state index in [1.807, 2.05) is 0 Å². The van der Waals surface area contributed by atoms with Crippen LogP contribution in [-0.2, 0) is 4.79 Å². The van der Waals surface area contributed by atoms with E-state index >= 15 is 0 Å². The maximum atomic E-state index is 12.2. The van der Waals surface area contributed by atoms with E-state index in [2.05, 4.69) is 6.07 Å². The minimum absolute atomic E-state index is 0.208. The molecule has 1 spiro atoms. The van der Waals surface area contributed by atoms with E-state index < -0.39 is 17.4 Å². The van der Waals surface area contributed by atoms with Crippen LogP contribution in [-0.4, -0.2) is 29.9 Å². The van der Waals surface area contributed by atoms with E-state index in [9.17, 15) is 9.59 Å². The Hall–Kier alpha value is -2.35. The van der Waals surface area contributed by atoms with Crippen molar-refractivity contribution in [3.05, 3.63) is 29.8 Å². The molecule has 1 aromatic carbocycles. The quantitative estimate of drug-likeness (QED) is 0.591. The zero-order chi connectivity index (χ0) is 13.6. The molecule has 1 aliphatic heterocycles. The lowest BCUT2D eigenvalue weighted by atomic mass is 9.84. The molecule has 1 aliphatic carbocycles. The second kappa shape index (κ2) is 3.82. The van der Waals surface area contributed by atoms with Gasteiger partial charge in [0.15, 0.2) is 0 Å². The summed E-state index contributed by atoms with van der Waals surface area (Å²) in [6, 6.07) is 7.98. The number of carbonyl (C=O) groups excluding carboxylic acids is 2. The molecule has 1 saturated carbocycles. The molecule has 0 aromatic heterocycles. The number of likely N-dealkylation sites (tertiary alicyclic amines) is 1. The van der Waals surface area contributed by atoms with Gasteiger partial charge in [-0.1, -0.05) is 0 Å². The fraction of sp³-hybridized carbons (Fsp3) is 0.357. The van der Waals surface area contributed by atoms with Gasteiger partial charge in [0.05, 0.1) is 18.6 Å². The number of nitriles is 1. The number of ether oxygens (including phenoxy) is 1. The van der Waals surface area contributed by atoms with Gasteiger partial charge >= 0.3 is 0 Å². The van der Waals surface area contributed by atoms with E-state index in [1.54, 1.807) is 31.4 Å². The summed E-state index contributed by atoms with van der Waals surface area (Å²) >= 11 is 0. The summed E-state index contributed by atoms with van der Waals surface area (Å²) in [5, 5.41) is 9.11. The number of imide groups is 1. The van der Waals surface area contributed by atoms with Crippen LogP contribution in [0.25, 0.3) is 0 Å². The Morgan fingerprint density at radius 1 is 1.42 bits per heavy atom. The minimum Gasteiger partial charge on any atom is -0.497 e. The van der Waals surface area contributed by atoms with Crippen LogP contribution < -0.4 is 4.74 Å². The summed E-state index contributed by atoms with van der Waals surface area (Å²) in [5.41, 5.74) is -0.151. The van der Waals surface area contributed by atoms with E-state index in [0.717, 1.165) is 17.7 Å². The Morgan fingerprint density at radius 3 is 2.53 bits per heavy atom. The largest absolute Gasteiger partial charge is 0.497 e. The molecule has 1 aromatic rings. The molecule has 1 unspecified atom stereocenters. The third-order valence-electron chi connectivity index (χ3n) is 3.89. The molecule has 1 heterocycles. The zero-order valence-electron chi connectivity index (χ0n) is 10.4. The molecular formula is C14H12N2O3. The van der Waals surface area contributed by atoms with Crippen molar-refractivity contribution in [2.45, 2.75) is 18.9 Å². The normalized spacial score (nSPS) is 22.6. The summed E-state index contributed by atoms with van der Waals surface area (Å²) in [5.74, 6) is 0.0265. The molecule has 3 rings (SSSR count). The predicted octanol–water partition coefficient (Wildman–Crippen LogP) is 1.35. The number of nitrogens with zero attached hydrogens (tertiary/aromatic N) is 2.